The molecule has 0 amide bonds. The van der Waals surface area contributed by atoms with E-state index in [4.69, 9.17) is 0 Å². The normalized spacial score (nSPS) is 23.4. The Bertz CT molecular complexity index is 1710. The number of benzene rings is 3. The Labute approximate surface area is 204 Å². The molecule has 5 aromatic rings. The van der Waals surface area contributed by atoms with Crippen LogP contribution in [0.15, 0.2) is 116 Å². The molecule has 3 nitrogen and oxygen atoms in total. The summed E-state index contributed by atoms with van der Waals surface area (Å²) >= 11 is 0. The molecule has 5 heterocycles. The third kappa shape index (κ3) is 2.01. The van der Waals surface area contributed by atoms with Crippen LogP contribution in [0, 0.1) is 0 Å². The third-order valence-corrected chi connectivity index (χ3v) is 8.80. The summed E-state index contributed by atoms with van der Waals surface area (Å²) in [5.74, 6) is 0.447. The molecule has 0 radical (unpaired) electrons. The second-order valence-corrected chi connectivity index (χ2v) is 10.3. The molecule has 35 heavy (non-hydrogen) atoms. The zero-order valence-electron chi connectivity index (χ0n) is 19.2. The van der Waals surface area contributed by atoms with Crippen molar-refractivity contribution < 1.29 is 9.13 Å². The van der Waals surface area contributed by atoms with Gasteiger partial charge in [-0.05, 0) is 48.5 Å². The van der Waals surface area contributed by atoms with Gasteiger partial charge in [0.2, 0.25) is 11.4 Å². The van der Waals surface area contributed by atoms with Crippen molar-refractivity contribution in [2.24, 2.45) is 0 Å². The van der Waals surface area contributed by atoms with Gasteiger partial charge >= 0.3 is 0 Å². The SMILES string of the molecule is c1ccc(N2c3cccc4c3C3C([n+]5ccccc5-4)[C@]34C[n+]3ccccc3-c3cccc2c34)cc1. The summed E-state index contributed by atoms with van der Waals surface area (Å²) in [4.78, 5) is 2.53. The zero-order valence-corrected chi connectivity index (χ0v) is 19.2. The molecule has 0 saturated heterocycles. The van der Waals surface area contributed by atoms with Crippen LogP contribution in [0.5, 0.6) is 0 Å². The molecular formula is C32H23N3+2. The van der Waals surface area contributed by atoms with Crippen LogP contribution in [0.2, 0.25) is 0 Å². The summed E-state index contributed by atoms with van der Waals surface area (Å²) < 4.78 is 5.07. The van der Waals surface area contributed by atoms with Crippen molar-refractivity contribution in [3.05, 3.63) is 127 Å². The molecule has 2 unspecified atom stereocenters. The molecule has 164 valence electrons. The van der Waals surface area contributed by atoms with Gasteiger partial charge in [0, 0.05) is 41.1 Å². The molecule has 3 aromatic carbocycles. The number of anilines is 3. The van der Waals surface area contributed by atoms with Gasteiger partial charge < -0.3 is 4.90 Å². The highest BCUT2D eigenvalue weighted by molar-refractivity contribution is 5.92. The van der Waals surface area contributed by atoms with E-state index in [1.807, 2.05) is 0 Å². The van der Waals surface area contributed by atoms with E-state index >= 15 is 0 Å². The fraction of sp³-hybridized carbons (Fsp3) is 0.125. The van der Waals surface area contributed by atoms with E-state index in [-0.39, 0.29) is 5.41 Å². The lowest BCUT2D eigenvalue weighted by atomic mass is 9.82. The fourth-order valence-corrected chi connectivity index (χ4v) is 7.60. The summed E-state index contributed by atoms with van der Waals surface area (Å²) in [6, 6.07) is 38.5. The summed E-state index contributed by atoms with van der Waals surface area (Å²) in [6.45, 7) is 1.00. The van der Waals surface area contributed by atoms with Crippen LogP contribution < -0.4 is 14.0 Å². The van der Waals surface area contributed by atoms with Gasteiger partial charge in [0.1, 0.15) is 5.41 Å². The standard InChI is InChI=1S/C32H23N3/c1-2-10-21(11-3-1)35-26-16-8-12-22-25-15-5-7-19-34(25)31-30(28(22)26)32(31)20-33-18-6-4-14-24(33)23-13-9-17-27(35)29(23)32/h1-19,30-31H,20H2/q+2/t30?,31?,32-/m0/s1. The highest BCUT2D eigenvalue weighted by Crippen LogP contribution is 2.75. The first-order valence-corrected chi connectivity index (χ1v) is 12.5. The van der Waals surface area contributed by atoms with Crippen LogP contribution in [0.4, 0.5) is 17.1 Å². The summed E-state index contributed by atoms with van der Waals surface area (Å²) in [5, 5.41) is 0. The maximum Gasteiger partial charge on any atom is 0.213 e. The summed E-state index contributed by atoms with van der Waals surface area (Å²) in [5.41, 5.74) is 12.3. The Morgan fingerprint density at radius 3 is 2.29 bits per heavy atom. The van der Waals surface area contributed by atoms with Crippen LogP contribution in [0.1, 0.15) is 23.1 Å². The van der Waals surface area contributed by atoms with Gasteiger partial charge in [-0.1, -0.05) is 30.3 Å². The van der Waals surface area contributed by atoms with Gasteiger partial charge in [-0.3, -0.25) is 0 Å². The summed E-state index contributed by atoms with van der Waals surface area (Å²) in [7, 11) is 0. The van der Waals surface area contributed by atoms with Gasteiger partial charge in [-0.25, -0.2) is 0 Å². The number of fused-ring (bicyclic) bond motifs is 5. The molecular weight excluding hydrogens is 426 g/mol. The van der Waals surface area contributed by atoms with Crippen LogP contribution in [0.25, 0.3) is 22.5 Å². The van der Waals surface area contributed by atoms with Crippen LogP contribution in [-0.2, 0) is 12.0 Å². The average molecular weight is 450 g/mol. The maximum absolute atomic E-state index is 2.57. The number of hydrogen-bond acceptors (Lipinski definition) is 1. The van der Waals surface area contributed by atoms with Gasteiger partial charge in [-0.15, -0.1) is 0 Å². The highest BCUT2D eigenvalue weighted by Gasteiger charge is 2.81. The molecule has 1 spiro atoms. The molecule has 3 aliphatic heterocycles. The quantitative estimate of drug-likeness (QED) is 0.286. The fourth-order valence-electron chi connectivity index (χ4n) is 7.60. The topological polar surface area (TPSA) is 11.0 Å². The van der Waals surface area contributed by atoms with Gasteiger partial charge in [0.05, 0.1) is 28.4 Å². The molecule has 3 atom stereocenters. The van der Waals surface area contributed by atoms with Crippen molar-refractivity contribution >= 4 is 17.1 Å². The second-order valence-electron chi connectivity index (χ2n) is 10.3. The third-order valence-electron chi connectivity index (χ3n) is 8.80. The minimum atomic E-state index is 0.0244. The van der Waals surface area contributed by atoms with Crippen LogP contribution in [0.3, 0.4) is 0 Å². The van der Waals surface area contributed by atoms with E-state index in [1.54, 1.807) is 0 Å². The first-order chi connectivity index (χ1) is 17.4. The Balaban J connectivity index is 1.48. The van der Waals surface area contributed by atoms with Gasteiger partial charge in [0.15, 0.2) is 25.0 Å². The lowest BCUT2D eigenvalue weighted by molar-refractivity contribution is -0.720. The Kier molecular flexibility index (Phi) is 3.14. The van der Waals surface area contributed by atoms with Crippen LogP contribution in [-0.4, -0.2) is 0 Å². The predicted molar refractivity (Wildman–Crippen MR) is 136 cm³/mol. The van der Waals surface area contributed by atoms with Crippen molar-refractivity contribution in [3.8, 4) is 22.5 Å². The monoisotopic (exact) mass is 449 g/mol. The molecule has 1 saturated carbocycles. The second kappa shape index (κ2) is 6.05. The minimum absolute atomic E-state index is 0.0244. The van der Waals surface area contributed by atoms with E-state index in [1.165, 1.54) is 50.7 Å². The molecule has 9 rings (SSSR count). The van der Waals surface area contributed by atoms with Crippen LogP contribution >= 0.6 is 0 Å². The molecule has 1 fully saturated rings. The summed E-state index contributed by atoms with van der Waals surface area (Å²) in [6.07, 6.45) is 4.58. The van der Waals surface area contributed by atoms with Gasteiger partial charge in [-0.2, -0.15) is 9.13 Å². The molecule has 0 N–H and O–H groups in total. The van der Waals surface area contributed by atoms with E-state index < -0.39 is 0 Å². The molecule has 3 heteroatoms. The largest absolute Gasteiger partial charge is 0.310 e. The Morgan fingerprint density at radius 1 is 0.657 bits per heavy atom. The Hall–Kier alpha value is -4.24. The predicted octanol–water partition coefficient (Wildman–Crippen LogP) is 5.98. The van der Waals surface area contributed by atoms with Gasteiger partial charge in [0.25, 0.3) is 0 Å². The number of rotatable bonds is 1. The maximum atomic E-state index is 2.57. The smallest absolute Gasteiger partial charge is 0.213 e. The molecule has 1 aliphatic carbocycles. The van der Waals surface area contributed by atoms with Crippen molar-refractivity contribution in [1.82, 2.24) is 0 Å². The van der Waals surface area contributed by atoms with E-state index in [2.05, 4.69) is 130 Å². The molecule has 4 aliphatic rings. The van der Waals surface area contributed by atoms with Crippen molar-refractivity contribution in [1.29, 1.82) is 0 Å². The van der Waals surface area contributed by atoms with Crippen molar-refractivity contribution in [2.75, 3.05) is 4.90 Å². The number of pyridine rings is 2. The first-order valence-electron chi connectivity index (χ1n) is 12.5. The van der Waals surface area contributed by atoms with E-state index in [0.29, 0.717) is 12.0 Å². The molecule has 0 bridgehead atoms. The minimum Gasteiger partial charge on any atom is -0.310 e. The van der Waals surface area contributed by atoms with Crippen molar-refractivity contribution in [2.45, 2.75) is 23.9 Å². The zero-order chi connectivity index (χ0) is 22.7. The number of para-hydroxylation sites is 1. The number of hydrogen-bond donors (Lipinski definition) is 0. The average Bonchev–Trinajstić information content (AvgIpc) is 3.59. The first kappa shape index (κ1) is 18.1. The highest BCUT2D eigenvalue weighted by atomic mass is 15.2. The lowest BCUT2D eigenvalue weighted by Crippen LogP contribution is -2.49. The van der Waals surface area contributed by atoms with E-state index in [0.717, 1.165) is 6.54 Å². The van der Waals surface area contributed by atoms with Crippen molar-refractivity contribution in [3.63, 3.8) is 0 Å². The Morgan fingerprint density at radius 2 is 1.40 bits per heavy atom. The number of aromatic nitrogens is 2. The van der Waals surface area contributed by atoms with E-state index in [9.17, 15) is 0 Å². The molecule has 2 aromatic heterocycles. The lowest BCUT2D eigenvalue weighted by Gasteiger charge is -2.32. The number of nitrogens with zero attached hydrogens (tertiary/aromatic N) is 3.